The Hall–Kier alpha value is -10.8. The van der Waals surface area contributed by atoms with Gasteiger partial charge in [0, 0.05) is 50.0 Å². The molecule has 0 radical (unpaired) electrons. The van der Waals surface area contributed by atoms with Gasteiger partial charge >= 0.3 is 0 Å². The lowest BCUT2D eigenvalue weighted by atomic mass is 10.1. The van der Waals surface area contributed by atoms with E-state index in [0.717, 1.165) is 61.3 Å². The first kappa shape index (κ1) is 51.1. The molecule has 0 bridgehead atoms. The molecule has 4 nitrogen and oxygen atoms in total. The number of aromatic nitrogens is 2. The lowest BCUT2D eigenvalue weighted by Gasteiger charge is -2.34. The molecule has 2 heterocycles. The van der Waals surface area contributed by atoms with Crippen molar-refractivity contribution >= 4 is 118 Å². The van der Waals surface area contributed by atoms with Crippen molar-refractivity contribution < 1.29 is 0 Å². The maximum Gasteiger partial charge on any atom is 0.179 e. The number of benzene rings is 13. The predicted octanol–water partition coefficient (Wildman–Crippen LogP) is 14.0. The molecule has 0 saturated carbocycles. The van der Waals surface area contributed by atoms with Crippen LogP contribution >= 0.6 is 0 Å². The molecule has 0 amide bonds. The first-order chi connectivity index (χ1) is 42.1. The van der Waals surface area contributed by atoms with Crippen LogP contribution in [-0.4, -0.2) is 25.3 Å². The number of fused-ring (bicyclic) bond motifs is 6. The number of nitrogens with zero attached hydrogens (tertiary/aromatic N) is 4. The first-order valence-electron chi connectivity index (χ1n) is 29.0. The molecular formula is C79H56N4Si2. The predicted molar refractivity (Wildman–Crippen MR) is 362 cm³/mol. The van der Waals surface area contributed by atoms with Gasteiger partial charge in [-0.3, -0.25) is 0 Å². The topological polar surface area (TPSA) is 36.9 Å². The fourth-order valence-corrected chi connectivity index (χ4v) is 23.3. The van der Waals surface area contributed by atoms with Crippen LogP contribution in [-0.2, 0) is 0 Å². The van der Waals surface area contributed by atoms with Gasteiger partial charge in [-0.15, -0.1) is 0 Å². The lowest BCUT2D eigenvalue weighted by molar-refractivity contribution is 1.18. The quantitative estimate of drug-likeness (QED) is 0.0852. The van der Waals surface area contributed by atoms with E-state index in [4.69, 9.17) is 0 Å². The van der Waals surface area contributed by atoms with Crippen LogP contribution in [0.25, 0.3) is 55.0 Å². The molecule has 0 aliphatic rings. The maximum absolute atomic E-state index is 10.2. The van der Waals surface area contributed by atoms with Gasteiger partial charge in [-0.05, 0) is 139 Å². The first-order valence-corrected chi connectivity index (χ1v) is 33.0. The molecule has 0 fully saturated rings. The SMILES string of the molecule is N#Cc1ccc(N(c2ccc3c(c2)c2cc([Si](c4ccccc4)(c4ccccc4)c4ccccc4)ccc2n3-c2ccccc2)c2ccc3c(c2)c2cc([Si](c4ccccc4)(c4ccccc4)c4ccccc4)ccc2n3-c2ccccc2)cc1. The van der Waals surface area contributed by atoms with Crippen LogP contribution in [0.1, 0.15) is 5.56 Å². The van der Waals surface area contributed by atoms with Gasteiger partial charge in [-0.2, -0.15) is 5.26 Å². The second kappa shape index (κ2) is 21.5. The van der Waals surface area contributed by atoms with Crippen LogP contribution in [0.5, 0.6) is 0 Å². The molecule has 15 aromatic rings. The normalized spacial score (nSPS) is 11.8. The van der Waals surface area contributed by atoms with E-state index >= 15 is 0 Å². The van der Waals surface area contributed by atoms with Gasteiger partial charge in [-0.25, -0.2) is 0 Å². The average molecular weight is 1120 g/mol. The van der Waals surface area contributed by atoms with Crippen LogP contribution in [0.15, 0.2) is 340 Å². The molecule has 85 heavy (non-hydrogen) atoms. The summed E-state index contributed by atoms with van der Waals surface area (Å²) in [5.41, 5.74) is 10.3. The fourth-order valence-electron chi connectivity index (χ4n) is 13.7. The highest BCUT2D eigenvalue weighted by Gasteiger charge is 2.43. The van der Waals surface area contributed by atoms with Gasteiger partial charge in [-0.1, -0.05) is 243 Å². The van der Waals surface area contributed by atoms with Gasteiger partial charge in [0.15, 0.2) is 16.1 Å². The second-order valence-electron chi connectivity index (χ2n) is 21.9. The summed E-state index contributed by atoms with van der Waals surface area (Å²) in [5, 5.41) is 25.4. The Balaban J connectivity index is 0.997. The van der Waals surface area contributed by atoms with Crippen molar-refractivity contribution in [1.82, 2.24) is 9.13 Å². The summed E-state index contributed by atoms with van der Waals surface area (Å²) in [5.74, 6) is 0. The zero-order valence-corrected chi connectivity index (χ0v) is 48.6. The van der Waals surface area contributed by atoms with Crippen LogP contribution in [0.2, 0.25) is 0 Å². The minimum absolute atomic E-state index is 0.609. The molecule has 0 unspecified atom stereocenters. The third-order valence-electron chi connectivity index (χ3n) is 17.4. The molecule has 0 aliphatic carbocycles. The number of nitriles is 1. The Kier molecular flexibility index (Phi) is 12.9. The second-order valence-corrected chi connectivity index (χ2v) is 29.5. The van der Waals surface area contributed by atoms with Crippen molar-refractivity contribution in [3.05, 3.63) is 345 Å². The van der Waals surface area contributed by atoms with Gasteiger partial charge < -0.3 is 14.0 Å². The summed E-state index contributed by atoms with van der Waals surface area (Å²) in [7, 11) is -5.83. The van der Waals surface area contributed by atoms with E-state index in [0.29, 0.717) is 5.56 Å². The summed E-state index contributed by atoms with van der Waals surface area (Å²) in [6.07, 6.45) is 0. The van der Waals surface area contributed by atoms with Crippen LogP contribution in [0, 0.1) is 11.3 Å². The minimum Gasteiger partial charge on any atom is -0.310 e. The molecule has 0 saturated heterocycles. The zero-order chi connectivity index (χ0) is 56.7. The Morgan fingerprint density at radius 3 is 0.800 bits per heavy atom. The molecule has 13 aromatic carbocycles. The van der Waals surface area contributed by atoms with Crippen molar-refractivity contribution in [2.24, 2.45) is 0 Å². The Bertz CT molecular complexity index is 4430. The zero-order valence-electron chi connectivity index (χ0n) is 46.6. The molecule has 0 atom stereocenters. The highest BCUT2D eigenvalue weighted by atomic mass is 28.3. The molecule has 0 aliphatic heterocycles. The number of rotatable bonds is 13. The molecule has 2 aromatic heterocycles. The highest BCUT2D eigenvalue weighted by molar-refractivity contribution is 7.20. The van der Waals surface area contributed by atoms with E-state index in [1.165, 1.54) is 52.3 Å². The molecule has 0 spiro atoms. The summed E-state index contributed by atoms with van der Waals surface area (Å²) in [6.45, 7) is 0. The molecule has 0 N–H and O–H groups in total. The molecular weight excluding hydrogens is 1060 g/mol. The smallest absolute Gasteiger partial charge is 0.179 e. The average Bonchev–Trinajstić information content (AvgIpc) is 3.07. The largest absolute Gasteiger partial charge is 0.310 e. The summed E-state index contributed by atoms with van der Waals surface area (Å²) in [4.78, 5) is 2.37. The maximum atomic E-state index is 10.2. The molecule has 6 heteroatoms. The van der Waals surface area contributed by atoms with E-state index in [1.807, 2.05) is 12.1 Å². The summed E-state index contributed by atoms with van der Waals surface area (Å²) < 4.78 is 4.85. The van der Waals surface area contributed by atoms with Crippen LogP contribution in [0.4, 0.5) is 17.1 Å². The van der Waals surface area contributed by atoms with Crippen molar-refractivity contribution in [2.75, 3.05) is 4.90 Å². The Morgan fingerprint density at radius 2 is 0.506 bits per heavy atom. The Morgan fingerprint density at radius 1 is 0.247 bits per heavy atom. The van der Waals surface area contributed by atoms with E-state index in [-0.39, 0.29) is 0 Å². The summed E-state index contributed by atoms with van der Waals surface area (Å²) in [6, 6.07) is 128. The van der Waals surface area contributed by atoms with Crippen LogP contribution < -0.4 is 46.4 Å². The molecule has 400 valence electrons. The van der Waals surface area contributed by atoms with Gasteiger partial charge in [0.2, 0.25) is 0 Å². The van der Waals surface area contributed by atoms with E-state index < -0.39 is 16.1 Å². The third kappa shape index (κ3) is 8.47. The number of hydrogen-bond donors (Lipinski definition) is 0. The van der Waals surface area contributed by atoms with E-state index in [9.17, 15) is 5.26 Å². The van der Waals surface area contributed by atoms with E-state index in [2.05, 4.69) is 348 Å². The number of anilines is 3. The van der Waals surface area contributed by atoms with Crippen LogP contribution in [0.3, 0.4) is 0 Å². The number of para-hydroxylation sites is 2. The van der Waals surface area contributed by atoms with Crippen molar-refractivity contribution in [3.63, 3.8) is 0 Å². The van der Waals surface area contributed by atoms with E-state index in [1.54, 1.807) is 0 Å². The van der Waals surface area contributed by atoms with Crippen molar-refractivity contribution in [1.29, 1.82) is 5.26 Å². The minimum atomic E-state index is -2.92. The van der Waals surface area contributed by atoms with Gasteiger partial charge in [0.1, 0.15) is 0 Å². The third-order valence-corrected chi connectivity index (χ3v) is 27.0. The standard InChI is InChI=1S/C79H56N4Si2/c80-57-58-41-43-61(44-42-58)81(62-45-49-76-72(53-62)74-55-70(47-51-78(74)82(76)59-25-9-1-10-26-59)84(64-29-13-3-14-30-64,65-31-15-4-16-32-65)66-33-17-5-18-34-66)63-46-50-77-73(54-63)75-56-71(48-52-79(75)83(77)60-27-11-2-12-28-60)85(67-35-19-6-20-36-67,68-37-21-7-22-38-68)69-39-23-8-24-40-69/h1-56H. The molecule has 15 rings (SSSR count). The lowest BCUT2D eigenvalue weighted by Crippen LogP contribution is -2.74. The monoisotopic (exact) mass is 1120 g/mol. The summed E-state index contributed by atoms with van der Waals surface area (Å²) >= 11 is 0. The van der Waals surface area contributed by atoms with Crippen molar-refractivity contribution in [2.45, 2.75) is 0 Å². The fraction of sp³-hybridized carbons (Fsp3) is 0. The Labute approximate surface area is 497 Å². The number of hydrogen-bond acceptors (Lipinski definition) is 2. The van der Waals surface area contributed by atoms with Gasteiger partial charge in [0.05, 0.1) is 33.7 Å². The van der Waals surface area contributed by atoms with Gasteiger partial charge in [0.25, 0.3) is 0 Å². The highest BCUT2D eigenvalue weighted by Crippen LogP contribution is 2.42. The van der Waals surface area contributed by atoms with Crippen molar-refractivity contribution in [3.8, 4) is 17.4 Å².